The van der Waals surface area contributed by atoms with Crippen molar-refractivity contribution >= 4 is 45.2 Å². The zero-order chi connectivity index (χ0) is 19.6. The van der Waals surface area contributed by atoms with Gasteiger partial charge in [0.1, 0.15) is 5.69 Å². The van der Waals surface area contributed by atoms with Gasteiger partial charge in [-0.2, -0.15) is 0 Å². The van der Waals surface area contributed by atoms with Crippen molar-refractivity contribution in [3.63, 3.8) is 0 Å². The van der Waals surface area contributed by atoms with Crippen LogP contribution in [-0.4, -0.2) is 34.3 Å². The van der Waals surface area contributed by atoms with Crippen LogP contribution in [0.4, 0.5) is 0 Å². The third kappa shape index (κ3) is 3.88. The molecule has 0 aliphatic heterocycles. The van der Waals surface area contributed by atoms with Crippen molar-refractivity contribution in [1.29, 1.82) is 0 Å². The lowest BCUT2D eigenvalue weighted by atomic mass is 9.87. The zero-order valence-corrected chi connectivity index (χ0v) is 16.9. The van der Waals surface area contributed by atoms with Gasteiger partial charge in [0, 0.05) is 26.5 Å². The summed E-state index contributed by atoms with van der Waals surface area (Å²) in [6.45, 7) is 3.98. The minimum absolute atomic E-state index is 0.169. The predicted octanol–water partition coefficient (Wildman–Crippen LogP) is 4.17. The smallest absolute Gasteiger partial charge is 0.310 e. The Morgan fingerprint density at radius 1 is 1.37 bits per heavy atom. The van der Waals surface area contributed by atoms with E-state index in [0.29, 0.717) is 5.69 Å². The van der Waals surface area contributed by atoms with Crippen LogP contribution in [0.15, 0.2) is 35.1 Å². The molecule has 1 aromatic carbocycles. The van der Waals surface area contributed by atoms with Gasteiger partial charge in [0.2, 0.25) is 0 Å². The summed E-state index contributed by atoms with van der Waals surface area (Å²) >= 11 is 3.47. The maximum atomic E-state index is 11.9. The summed E-state index contributed by atoms with van der Waals surface area (Å²) in [6.07, 6.45) is 6.33. The molecule has 6 nitrogen and oxygen atoms in total. The lowest BCUT2D eigenvalue weighted by molar-refractivity contribution is -0.139. The average Bonchev–Trinajstić information content (AvgIpc) is 3.25. The number of rotatable bonds is 6. The van der Waals surface area contributed by atoms with E-state index in [9.17, 15) is 9.59 Å². The van der Waals surface area contributed by atoms with Gasteiger partial charge >= 0.3 is 5.97 Å². The lowest BCUT2D eigenvalue weighted by Gasteiger charge is -2.19. The molecule has 0 aliphatic rings. The van der Waals surface area contributed by atoms with E-state index in [-0.39, 0.29) is 12.4 Å². The van der Waals surface area contributed by atoms with Crippen LogP contribution in [0.3, 0.4) is 0 Å². The van der Waals surface area contributed by atoms with E-state index in [1.807, 2.05) is 44.2 Å². The summed E-state index contributed by atoms with van der Waals surface area (Å²) in [5.74, 6) is -0.301. The summed E-state index contributed by atoms with van der Waals surface area (Å²) in [5, 5.41) is 0.969. The highest BCUT2D eigenvalue weighted by atomic mass is 79.9. The normalized spacial score (nSPS) is 12.0. The fourth-order valence-corrected chi connectivity index (χ4v) is 3.44. The second-order valence-corrected chi connectivity index (χ2v) is 7.71. The topological polar surface area (TPSA) is 87.8 Å². The first kappa shape index (κ1) is 19.1. The molecule has 0 aliphatic carbocycles. The van der Waals surface area contributed by atoms with Crippen molar-refractivity contribution in [1.82, 2.24) is 15.0 Å². The van der Waals surface area contributed by atoms with E-state index in [1.165, 1.54) is 13.4 Å². The number of aromatic amines is 2. The number of ether oxygens (including phenoxy) is 1. The highest BCUT2D eigenvalue weighted by molar-refractivity contribution is 9.10. The summed E-state index contributed by atoms with van der Waals surface area (Å²) in [7, 11) is 1.38. The summed E-state index contributed by atoms with van der Waals surface area (Å²) in [6, 6.07) is 5.88. The SMILES string of the molecule is COC(=O)Cc1c(/C=C\C(C)(C)c2[nH]cnc2C=O)[nH]c2cc(Br)ccc12. The van der Waals surface area contributed by atoms with Crippen molar-refractivity contribution in [3.8, 4) is 0 Å². The summed E-state index contributed by atoms with van der Waals surface area (Å²) in [5.41, 5.74) is 3.30. The van der Waals surface area contributed by atoms with Crippen molar-refractivity contribution in [2.24, 2.45) is 0 Å². The molecular formula is C20H20BrN3O3. The zero-order valence-electron chi connectivity index (χ0n) is 15.3. The lowest BCUT2D eigenvalue weighted by Crippen LogP contribution is -2.16. The minimum atomic E-state index is -0.451. The van der Waals surface area contributed by atoms with Gasteiger partial charge in [-0.1, -0.05) is 41.9 Å². The number of aldehydes is 1. The maximum Gasteiger partial charge on any atom is 0.310 e. The Hall–Kier alpha value is -2.67. The third-order valence-corrected chi connectivity index (χ3v) is 5.03. The highest BCUT2D eigenvalue weighted by Crippen LogP contribution is 2.30. The molecule has 140 valence electrons. The molecule has 0 spiro atoms. The molecular weight excluding hydrogens is 410 g/mol. The molecule has 0 radical (unpaired) electrons. The van der Waals surface area contributed by atoms with Gasteiger partial charge in [0.25, 0.3) is 0 Å². The number of hydrogen-bond acceptors (Lipinski definition) is 4. The number of H-pyrrole nitrogens is 2. The molecule has 0 amide bonds. The van der Waals surface area contributed by atoms with Crippen molar-refractivity contribution in [3.05, 3.63) is 57.7 Å². The van der Waals surface area contributed by atoms with E-state index >= 15 is 0 Å². The van der Waals surface area contributed by atoms with E-state index < -0.39 is 5.41 Å². The molecule has 0 atom stereocenters. The highest BCUT2D eigenvalue weighted by Gasteiger charge is 2.23. The number of benzene rings is 1. The number of fused-ring (bicyclic) bond motifs is 1. The van der Waals surface area contributed by atoms with E-state index in [0.717, 1.165) is 38.6 Å². The fourth-order valence-electron chi connectivity index (χ4n) is 3.08. The molecule has 0 bridgehead atoms. The molecule has 7 heteroatoms. The first-order chi connectivity index (χ1) is 12.9. The molecule has 0 saturated heterocycles. The number of aromatic nitrogens is 3. The molecule has 3 aromatic rings. The van der Waals surface area contributed by atoms with Crippen molar-refractivity contribution < 1.29 is 14.3 Å². The van der Waals surface area contributed by atoms with Crippen LogP contribution in [0.5, 0.6) is 0 Å². The number of nitrogens with one attached hydrogen (secondary N) is 2. The molecule has 0 fully saturated rings. The molecule has 0 saturated carbocycles. The molecule has 27 heavy (non-hydrogen) atoms. The summed E-state index contributed by atoms with van der Waals surface area (Å²) in [4.78, 5) is 33.5. The van der Waals surface area contributed by atoms with E-state index in [4.69, 9.17) is 4.74 Å². The van der Waals surface area contributed by atoms with Crippen LogP contribution < -0.4 is 0 Å². The number of esters is 1. The average molecular weight is 430 g/mol. The Labute approximate surface area is 165 Å². The second kappa shape index (κ2) is 7.52. The van der Waals surface area contributed by atoms with Gasteiger partial charge in [-0.3, -0.25) is 9.59 Å². The third-order valence-electron chi connectivity index (χ3n) is 4.54. The monoisotopic (exact) mass is 429 g/mol. The summed E-state index contributed by atoms with van der Waals surface area (Å²) < 4.78 is 5.80. The quantitative estimate of drug-likeness (QED) is 0.454. The number of methoxy groups -OCH3 is 1. The Morgan fingerprint density at radius 3 is 2.85 bits per heavy atom. The number of halogens is 1. The van der Waals surface area contributed by atoms with Crippen LogP contribution in [0, 0.1) is 0 Å². The van der Waals surface area contributed by atoms with Crippen LogP contribution in [0.25, 0.3) is 17.0 Å². The number of carbonyl (C=O) groups is 2. The maximum absolute atomic E-state index is 11.9. The van der Waals surface area contributed by atoms with Crippen LogP contribution in [0.2, 0.25) is 0 Å². The van der Waals surface area contributed by atoms with Gasteiger partial charge in [-0.05, 0) is 23.8 Å². The van der Waals surface area contributed by atoms with E-state index in [1.54, 1.807) is 0 Å². The van der Waals surface area contributed by atoms with Crippen molar-refractivity contribution in [2.75, 3.05) is 7.11 Å². The largest absolute Gasteiger partial charge is 0.469 e. The Kier molecular flexibility index (Phi) is 5.32. The number of allylic oxidation sites excluding steroid dienone is 1. The Balaban J connectivity index is 2.05. The van der Waals surface area contributed by atoms with Crippen LogP contribution in [0.1, 0.15) is 41.3 Å². The van der Waals surface area contributed by atoms with Gasteiger partial charge in [-0.15, -0.1) is 0 Å². The molecule has 0 unspecified atom stereocenters. The Morgan fingerprint density at radius 2 is 2.15 bits per heavy atom. The minimum Gasteiger partial charge on any atom is -0.469 e. The molecule has 2 aromatic heterocycles. The van der Waals surface area contributed by atoms with Gasteiger partial charge < -0.3 is 14.7 Å². The number of hydrogen-bond donors (Lipinski definition) is 2. The second-order valence-electron chi connectivity index (χ2n) is 6.80. The predicted molar refractivity (Wildman–Crippen MR) is 108 cm³/mol. The number of carbonyl (C=O) groups excluding carboxylic acids is 2. The fraction of sp³-hybridized carbons (Fsp3) is 0.250. The standard InChI is InChI=1S/C20H20BrN3O3/c1-20(2,19-17(10-25)22-11-23-19)7-6-15-14(9-18(26)27-3)13-5-4-12(21)8-16(13)24-15/h4-8,10-11,24H,9H2,1-3H3,(H,22,23)/b7-6-. The first-order valence-electron chi connectivity index (χ1n) is 8.41. The molecule has 2 heterocycles. The van der Waals surface area contributed by atoms with Crippen LogP contribution in [-0.2, 0) is 21.4 Å². The first-order valence-corrected chi connectivity index (χ1v) is 9.20. The number of nitrogens with zero attached hydrogens (tertiary/aromatic N) is 1. The molecule has 2 N–H and O–H groups in total. The van der Waals surface area contributed by atoms with Gasteiger partial charge in [0.15, 0.2) is 6.29 Å². The van der Waals surface area contributed by atoms with Gasteiger partial charge in [0.05, 0.1) is 25.6 Å². The van der Waals surface area contributed by atoms with Gasteiger partial charge in [-0.25, -0.2) is 4.98 Å². The van der Waals surface area contributed by atoms with E-state index in [2.05, 4.69) is 30.9 Å². The van der Waals surface area contributed by atoms with Crippen molar-refractivity contribution in [2.45, 2.75) is 25.7 Å². The Bertz CT molecular complexity index is 1030. The number of imidazole rings is 1. The van der Waals surface area contributed by atoms with Crippen LogP contribution >= 0.6 is 15.9 Å². The molecule has 3 rings (SSSR count).